The Bertz CT molecular complexity index is 669. The van der Waals surface area contributed by atoms with E-state index in [-0.39, 0.29) is 0 Å². The number of tetrazole rings is 1. The lowest BCUT2D eigenvalue weighted by atomic mass is 10.1. The Labute approximate surface area is 151 Å². The second-order valence-electron chi connectivity index (χ2n) is 6.56. The second kappa shape index (κ2) is 7.14. The van der Waals surface area contributed by atoms with Crippen LogP contribution in [0.2, 0.25) is 0 Å². The number of hydrogen-bond acceptors (Lipinski definition) is 5. The SMILES string of the molecule is S=C(NC1CCCC1)N1CCC(n2nnc(-c3cccs3)n2)CC1. The molecule has 0 radical (unpaired) electrons. The Kier molecular flexibility index (Phi) is 4.75. The number of piperidine rings is 1. The van der Waals surface area contributed by atoms with Crippen LogP contribution in [0.25, 0.3) is 10.7 Å². The minimum atomic E-state index is 0.316. The molecule has 0 aromatic carbocycles. The molecule has 1 saturated carbocycles. The molecule has 1 aliphatic carbocycles. The van der Waals surface area contributed by atoms with Gasteiger partial charge in [0.1, 0.15) is 0 Å². The van der Waals surface area contributed by atoms with Crippen LogP contribution in [0.15, 0.2) is 17.5 Å². The minimum absolute atomic E-state index is 0.316. The van der Waals surface area contributed by atoms with Gasteiger partial charge in [-0.25, -0.2) is 0 Å². The third-order valence-corrected chi connectivity index (χ3v) is 6.17. The molecule has 0 atom stereocenters. The number of thiocarbonyl (C=S) groups is 1. The predicted molar refractivity (Wildman–Crippen MR) is 99.0 cm³/mol. The summed E-state index contributed by atoms with van der Waals surface area (Å²) < 4.78 is 0. The maximum atomic E-state index is 5.59. The second-order valence-corrected chi connectivity index (χ2v) is 7.89. The first-order valence-electron chi connectivity index (χ1n) is 8.68. The number of aromatic nitrogens is 4. The number of likely N-dealkylation sites (tertiary alicyclic amines) is 1. The van der Waals surface area contributed by atoms with E-state index in [1.165, 1.54) is 25.7 Å². The van der Waals surface area contributed by atoms with Crippen LogP contribution in [0.3, 0.4) is 0 Å². The maximum absolute atomic E-state index is 5.59. The fourth-order valence-electron chi connectivity index (χ4n) is 3.52. The van der Waals surface area contributed by atoms with Crippen LogP contribution in [-0.4, -0.2) is 49.4 Å². The van der Waals surface area contributed by atoms with Gasteiger partial charge in [0.2, 0.25) is 5.82 Å². The standard InChI is InChI=1S/C16H22N6S2/c23-16(17-12-4-1-2-5-12)21-9-7-13(8-10-21)22-19-15(18-20-22)14-6-3-11-24-14/h3,6,11-13H,1-2,4-5,7-10H2,(H,17,23). The number of hydrogen-bond donors (Lipinski definition) is 1. The molecule has 2 aromatic rings. The van der Waals surface area contributed by atoms with Crippen molar-refractivity contribution in [3.63, 3.8) is 0 Å². The van der Waals surface area contributed by atoms with Crippen molar-refractivity contribution in [1.82, 2.24) is 30.4 Å². The summed E-state index contributed by atoms with van der Waals surface area (Å²) in [6.45, 7) is 1.91. The lowest BCUT2D eigenvalue weighted by Crippen LogP contribution is -2.47. The fourth-order valence-corrected chi connectivity index (χ4v) is 4.52. The van der Waals surface area contributed by atoms with Gasteiger partial charge in [0.15, 0.2) is 5.11 Å². The van der Waals surface area contributed by atoms with Gasteiger partial charge in [0, 0.05) is 19.1 Å². The fraction of sp³-hybridized carbons (Fsp3) is 0.625. The van der Waals surface area contributed by atoms with Crippen LogP contribution in [0.5, 0.6) is 0 Å². The molecule has 1 saturated heterocycles. The van der Waals surface area contributed by atoms with E-state index in [9.17, 15) is 0 Å². The van der Waals surface area contributed by atoms with Crippen molar-refractivity contribution in [3.05, 3.63) is 17.5 Å². The Balaban J connectivity index is 1.32. The molecule has 1 aliphatic heterocycles. The Morgan fingerprint density at radius 3 is 2.71 bits per heavy atom. The van der Waals surface area contributed by atoms with Gasteiger partial charge in [-0.05, 0) is 54.6 Å². The first-order chi connectivity index (χ1) is 11.8. The quantitative estimate of drug-likeness (QED) is 0.848. The lowest BCUT2D eigenvalue weighted by molar-refractivity contribution is 0.233. The molecule has 128 valence electrons. The number of nitrogens with one attached hydrogen (secondary N) is 1. The first-order valence-corrected chi connectivity index (χ1v) is 9.97. The minimum Gasteiger partial charge on any atom is -0.360 e. The van der Waals surface area contributed by atoms with Crippen LogP contribution < -0.4 is 5.32 Å². The summed E-state index contributed by atoms with van der Waals surface area (Å²) >= 11 is 7.23. The topological polar surface area (TPSA) is 58.9 Å². The summed E-state index contributed by atoms with van der Waals surface area (Å²) in [6.07, 6.45) is 7.18. The molecule has 3 heterocycles. The third-order valence-electron chi connectivity index (χ3n) is 4.93. The highest BCUT2D eigenvalue weighted by molar-refractivity contribution is 7.80. The van der Waals surface area contributed by atoms with Crippen LogP contribution >= 0.6 is 23.6 Å². The average molecular weight is 363 g/mol. The van der Waals surface area contributed by atoms with E-state index < -0.39 is 0 Å². The maximum Gasteiger partial charge on any atom is 0.214 e. The Morgan fingerprint density at radius 1 is 1.21 bits per heavy atom. The van der Waals surface area contributed by atoms with Gasteiger partial charge in [-0.3, -0.25) is 0 Å². The lowest BCUT2D eigenvalue weighted by Gasteiger charge is -2.34. The van der Waals surface area contributed by atoms with Crippen molar-refractivity contribution in [3.8, 4) is 10.7 Å². The summed E-state index contributed by atoms with van der Waals surface area (Å²) in [5.74, 6) is 0.728. The van der Waals surface area contributed by atoms with Gasteiger partial charge in [0.05, 0.1) is 10.9 Å². The first kappa shape index (κ1) is 16.0. The smallest absolute Gasteiger partial charge is 0.214 e. The molecule has 2 aromatic heterocycles. The summed E-state index contributed by atoms with van der Waals surface area (Å²) in [6, 6.07) is 4.94. The van der Waals surface area contributed by atoms with Crippen molar-refractivity contribution in [1.29, 1.82) is 0 Å². The molecule has 4 rings (SSSR count). The number of rotatable bonds is 3. The molecule has 0 unspecified atom stereocenters. The van der Waals surface area contributed by atoms with E-state index in [1.54, 1.807) is 16.1 Å². The predicted octanol–water partition coefficient (Wildman–Crippen LogP) is 2.86. The van der Waals surface area contributed by atoms with E-state index in [1.807, 2.05) is 17.5 Å². The summed E-state index contributed by atoms with van der Waals surface area (Å²) in [7, 11) is 0. The van der Waals surface area contributed by atoms with E-state index >= 15 is 0 Å². The van der Waals surface area contributed by atoms with E-state index in [4.69, 9.17) is 12.2 Å². The molecule has 0 amide bonds. The highest BCUT2D eigenvalue weighted by Gasteiger charge is 2.25. The molecule has 0 bridgehead atoms. The molecular weight excluding hydrogens is 340 g/mol. The summed E-state index contributed by atoms with van der Waals surface area (Å²) in [5, 5.41) is 19.5. The van der Waals surface area contributed by atoms with Gasteiger partial charge in [0.25, 0.3) is 0 Å². The highest BCUT2D eigenvalue weighted by atomic mass is 32.1. The van der Waals surface area contributed by atoms with Gasteiger partial charge in [-0.15, -0.1) is 21.5 Å². The van der Waals surface area contributed by atoms with Crippen LogP contribution in [0.4, 0.5) is 0 Å². The van der Waals surface area contributed by atoms with Crippen molar-refractivity contribution >= 4 is 28.7 Å². The zero-order chi connectivity index (χ0) is 16.4. The largest absolute Gasteiger partial charge is 0.360 e. The van der Waals surface area contributed by atoms with Gasteiger partial charge in [-0.1, -0.05) is 18.9 Å². The molecular formula is C16H22N6S2. The monoisotopic (exact) mass is 362 g/mol. The molecule has 2 fully saturated rings. The van der Waals surface area contributed by atoms with Crippen molar-refractivity contribution in [2.45, 2.75) is 50.6 Å². The number of nitrogens with zero attached hydrogens (tertiary/aromatic N) is 5. The van der Waals surface area contributed by atoms with E-state index in [2.05, 4.69) is 25.6 Å². The zero-order valence-corrected chi connectivity index (χ0v) is 15.2. The van der Waals surface area contributed by atoms with Crippen molar-refractivity contribution < 1.29 is 0 Å². The van der Waals surface area contributed by atoms with Gasteiger partial charge < -0.3 is 10.2 Å². The molecule has 6 nitrogen and oxygen atoms in total. The average Bonchev–Trinajstić information content (AvgIpc) is 3.36. The van der Waals surface area contributed by atoms with Crippen LogP contribution in [-0.2, 0) is 0 Å². The Hall–Kier alpha value is -1.54. The van der Waals surface area contributed by atoms with Crippen LogP contribution in [0, 0.1) is 0 Å². The Morgan fingerprint density at radius 2 is 2.00 bits per heavy atom. The van der Waals surface area contributed by atoms with Crippen LogP contribution in [0.1, 0.15) is 44.6 Å². The zero-order valence-electron chi connectivity index (χ0n) is 13.6. The molecule has 2 aliphatic rings. The normalized spacial score (nSPS) is 19.8. The molecule has 8 heteroatoms. The molecule has 24 heavy (non-hydrogen) atoms. The number of thiophene rings is 1. The van der Waals surface area contributed by atoms with Gasteiger partial charge in [-0.2, -0.15) is 4.80 Å². The van der Waals surface area contributed by atoms with Crippen molar-refractivity contribution in [2.24, 2.45) is 0 Å². The summed E-state index contributed by atoms with van der Waals surface area (Å²) in [5.41, 5.74) is 0. The van der Waals surface area contributed by atoms with E-state index in [0.717, 1.165) is 41.7 Å². The molecule has 0 spiro atoms. The van der Waals surface area contributed by atoms with Gasteiger partial charge >= 0.3 is 0 Å². The molecule has 1 N–H and O–H groups in total. The summed E-state index contributed by atoms with van der Waals surface area (Å²) in [4.78, 5) is 5.15. The van der Waals surface area contributed by atoms with E-state index in [0.29, 0.717) is 12.1 Å². The highest BCUT2D eigenvalue weighted by Crippen LogP contribution is 2.24. The van der Waals surface area contributed by atoms with Crippen molar-refractivity contribution in [2.75, 3.05) is 13.1 Å². The third kappa shape index (κ3) is 3.44.